The van der Waals surface area contributed by atoms with Crippen LogP contribution in [0.3, 0.4) is 0 Å². The molecular weight excluding hydrogens is 400 g/mol. The van der Waals surface area contributed by atoms with Crippen LogP contribution in [-0.2, 0) is 13.2 Å². The Hall–Kier alpha value is -3.38. The minimum Gasteiger partial charge on any atom is -0.489 e. The van der Waals surface area contributed by atoms with Gasteiger partial charge in [0.1, 0.15) is 12.4 Å². The molecule has 1 aliphatic heterocycles. The number of piperidine rings is 1. The van der Waals surface area contributed by atoms with Crippen LogP contribution in [0.25, 0.3) is 16.6 Å². The van der Waals surface area contributed by atoms with Crippen LogP contribution < -0.4 is 10.3 Å². The van der Waals surface area contributed by atoms with Crippen molar-refractivity contribution in [3.8, 4) is 11.4 Å². The summed E-state index contributed by atoms with van der Waals surface area (Å²) in [4.78, 5) is 15.2. The zero-order chi connectivity index (χ0) is 21.8. The zero-order valence-corrected chi connectivity index (χ0v) is 18.2. The van der Waals surface area contributed by atoms with Crippen LogP contribution in [0, 0.1) is 0 Å². The van der Waals surface area contributed by atoms with Crippen molar-refractivity contribution in [1.29, 1.82) is 0 Å². The second-order valence-electron chi connectivity index (χ2n) is 8.36. The molecule has 1 fully saturated rings. The minimum atomic E-state index is -0.118. The Morgan fingerprint density at radius 2 is 1.75 bits per heavy atom. The lowest BCUT2D eigenvalue weighted by atomic mass is 10.1. The summed E-state index contributed by atoms with van der Waals surface area (Å²) in [6.07, 6.45) is 7.60. The quantitative estimate of drug-likeness (QED) is 0.442. The molecule has 2 aromatic heterocycles. The predicted octanol–water partition coefficient (Wildman–Crippen LogP) is 4.25. The third kappa shape index (κ3) is 4.60. The van der Waals surface area contributed by atoms with Crippen LogP contribution >= 0.6 is 0 Å². The summed E-state index contributed by atoms with van der Waals surface area (Å²) in [5.74, 6) is 0.571. The van der Waals surface area contributed by atoms with Crippen molar-refractivity contribution in [1.82, 2.24) is 19.2 Å². The molecule has 0 aliphatic carbocycles. The lowest BCUT2D eigenvalue weighted by Gasteiger charge is -2.26. The average Bonchev–Trinajstić information content (AvgIpc) is 3.25. The molecule has 0 bridgehead atoms. The first-order chi connectivity index (χ1) is 15.8. The van der Waals surface area contributed by atoms with E-state index in [0.29, 0.717) is 12.4 Å². The van der Waals surface area contributed by atoms with Gasteiger partial charge in [-0.05, 0) is 55.8 Å². The van der Waals surface area contributed by atoms with E-state index in [1.165, 1.54) is 38.4 Å². The fourth-order valence-corrected chi connectivity index (χ4v) is 4.33. The van der Waals surface area contributed by atoms with E-state index in [2.05, 4.69) is 20.7 Å². The normalized spacial score (nSPS) is 14.6. The molecule has 0 amide bonds. The van der Waals surface area contributed by atoms with Gasteiger partial charge in [0.05, 0.1) is 18.3 Å². The van der Waals surface area contributed by atoms with Crippen molar-refractivity contribution in [2.24, 2.45) is 0 Å². The maximum atomic E-state index is 12.7. The Labute approximate surface area is 187 Å². The van der Waals surface area contributed by atoms with E-state index in [1.54, 1.807) is 10.8 Å². The Kier molecular flexibility index (Phi) is 6.03. The Bertz CT molecular complexity index is 1240. The number of nitrogens with zero attached hydrogens (tertiary/aromatic N) is 4. The lowest BCUT2D eigenvalue weighted by molar-refractivity contribution is 0.219. The molecule has 164 valence electrons. The highest BCUT2D eigenvalue weighted by Crippen LogP contribution is 2.19. The van der Waals surface area contributed by atoms with Crippen molar-refractivity contribution in [2.45, 2.75) is 32.4 Å². The fraction of sp³-hybridized carbons (Fsp3) is 0.308. The molecule has 0 spiro atoms. The third-order valence-corrected chi connectivity index (χ3v) is 6.12. The number of likely N-dealkylation sites (tertiary alicyclic amines) is 1. The molecule has 6 heteroatoms. The number of aromatic nitrogens is 3. The van der Waals surface area contributed by atoms with Gasteiger partial charge in [0.2, 0.25) is 0 Å². The van der Waals surface area contributed by atoms with Gasteiger partial charge in [-0.2, -0.15) is 5.10 Å². The number of benzene rings is 2. The molecule has 1 aliphatic rings. The second-order valence-corrected chi connectivity index (χ2v) is 8.36. The summed E-state index contributed by atoms with van der Waals surface area (Å²) in [7, 11) is 0. The number of hydrogen-bond donors (Lipinski definition) is 0. The Morgan fingerprint density at radius 1 is 0.906 bits per heavy atom. The molecule has 4 aromatic rings. The SMILES string of the molecule is O=c1cc(OCc2ccccc2)ccn1-c1ccc2c(cnn2CCN2CCCCC2)c1. The monoisotopic (exact) mass is 428 g/mol. The van der Waals surface area contributed by atoms with E-state index in [4.69, 9.17) is 4.74 Å². The van der Waals surface area contributed by atoms with Gasteiger partial charge in [-0.3, -0.25) is 14.0 Å². The fourth-order valence-electron chi connectivity index (χ4n) is 4.33. The highest BCUT2D eigenvalue weighted by atomic mass is 16.5. The van der Waals surface area contributed by atoms with E-state index in [0.717, 1.165) is 35.2 Å². The molecule has 1 saturated heterocycles. The number of pyridine rings is 1. The maximum Gasteiger partial charge on any atom is 0.258 e. The Morgan fingerprint density at radius 3 is 2.56 bits per heavy atom. The van der Waals surface area contributed by atoms with Crippen molar-refractivity contribution < 1.29 is 4.74 Å². The van der Waals surface area contributed by atoms with E-state index >= 15 is 0 Å². The first-order valence-corrected chi connectivity index (χ1v) is 11.3. The van der Waals surface area contributed by atoms with Crippen molar-refractivity contribution in [2.75, 3.05) is 19.6 Å². The molecule has 2 aromatic carbocycles. The number of ether oxygens (including phenoxy) is 1. The molecule has 5 rings (SSSR count). The smallest absolute Gasteiger partial charge is 0.258 e. The van der Waals surface area contributed by atoms with Crippen molar-refractivity contribution >= 4 is 10.9 Å². The predicted molar refractivity (Wildman–Crippen MR) is 126 cm³/mol. The van der Waals surface area contributed by atoms with Crippen LogP contribution in [0.5, 0.6) is 5.75 Å². The summed E-state index contributed by atoms with van der Waals surface area (Å²) in [6, 6.07) is 19.3. The van der Waals surface area contributed by atoms with Gasteiger partial charge in [0, 0.05) is 29.9 Å². The molecule has 6 nitrogen and oxygen atoms in total. The van der Waals surface area contributed by atoms with E-state index in [1.807, 2.05) is 54.7 Å². The summed E-state index contributed by atoms with van der Waals surface area (Å²) in [6.45, 7) is 4.74. The van der Waals surface area contributed by atoms with Crippen LogP contribution in [-0.4, -0.2) is 38.9 Å². The van der Waals surface area contributed by atoms with Gasteiger partial charge in [-0.25, -0.2) is 0 Å². The van der Waals surface area contributed by atoms with Crippen molar-refractivity contribution in [3.63, 3.8) is 0 Å². The van der Waals surface area contributed by atoms with Gasteiger partial charge in [-0.1, -0.05) is 36.8 Å². The summed E-state index contributed by atoms with van der Waals surface area (Å²) in [5, 5.41) is 5.63. The van der Waals surface area contributed by atoms with E-state index in [9.17, 15) is 4.79 Å². The molecule has 0 unspecified atom stereocenters. The van der Waals surface area contributed by atoms with Crippen LogP contribution in [0.4, 0.5) is 0 Å². The average molecular weight is 429 g/mol. The zero-order valence-electron chi connectivity index (χ0n) is 18.2. The molecular formula is C26H28N4O2. The number of fused-ring (bicyclic) bond motifs is 1. The van der Waals surface area contributed by atoms with Gasteiger partial charge in [0.15, 0.2) is 0 Å². The lowest BCUT2D eigenvalue weighted by Crippen LogP contribution is -2.32. The summed E-state index contributed by atoms with van der Waals surface area (Å²) < 4.78 is 9.49. The van der Waals surface area contributed by atoms with E-state index < -0.39 is 0 Å². The standard InChI is InChI=1S/C26H28N4O2/c31-26-18-24(32-20-21-7-3-1-4-8-21)11-14-29(26)23-9-10-25-22(17-23)19-27-30(25)16-15-28-12-5-2-6-13-28/h1,3-4,7-11,14,17-19H,2,5-6,12-13,15-16,20H2. The molecule has 3 heterocycles. The van der Waals surface area contributed by atoms with Crippen LogP contribution in [0.2, 0.25) is 0 Å². The van der Waals surface area contributed by atoms with E-state index in [-0.39, 0.29) is 5.56 Å². The highest BCUT2D eigenvalue weighted by molar-refractivity contribution is 5.80. The second kappa shape index (κ2) is 9.40. The first kappa shape index (κ1) is 20.5. The molecule has 0 atom stereocenters. The Balaban J connectivity index is 1.29. The highest BCUT2D eigenvalue weighted by Gasteiger charge is 2.11. The van der Waals surface area contributed by atoms with Gasteiger partial charge >= 0.3 is 0 Å². The maximum absolute atomic E-state index is 12.7. The van der Waals surface area contributed by atoms with Crippen LogP contribution in [0.15, 0.2) is 77.9 Å². The van der Waals surface area contributed by atoms with Crippen molar-refractivity contribution in [3.05, 3.63) is 89.0 Å². The first-order valence-electron chi connectivity index (χ1n) is 11.3. The van der Waals surface area contributed by atoms with Gasteiger partial charge in [-0.15, -0.1) is 0 Å². The minimum absolute atomic E-state index is 0.118. The summed E-state index contributed by atoms with van der Waals surface area (Å²) in [5.41, 5.74) is 2.88. The third-order valence-electron chi connectivity index (χ3n) is 6.12. The topological polar surface area (TPSA) is 52.3 Å². The largest absolute Gasteiger partial charge is 0.489 e. The molecule has 0 radical (unpaired) electrons. The number of rotatable bonds is 7. The molecule has 0 N–H and O–H groups in total. The van der Waals surface area contributed by atoms with Crippen LogP contribution in [0.1, 0.15) is 24.8 Å². The summed E-state index contributed by atoms with van der Waals surface area (Å²) >= 11 is 0. The van der Waals surface area contributed by atoms with Gasteiger partial charge < -0.3 is 9.64 Å². The number of hydrogen-bond acceptors (Lipinski definition) is 4. The van der Waals surface area contributed by atoms with Gasteiger partial charge in [0.25, 0.3) is 5.56 Å². The molecule has 32 heavy (non-hydrogen) atoms. The molecule has 0 saturated carbocycles.